The number of fused-ring (bicyclic) bond motifs is 1. The average Bonchev–Trinajstić information content (AvgIpc) is 3.26. The van der Waals surface area contributed by atoms with Crippen molar-refractivity contribution in [3.05, 3.63) is 29.1 Å². The van der Waals surface area contributed by atoms with Crippen LogP contribution in [0.15, 0.2) is 23.6 Å². The van der Waals surface area contributed by atoms with E-state index in [0.29, 0.717) is 17.7 Å². The smallest absolute Gasteiger partial charge is 0.413 e. The van der Waals surface area contributed by atoms with Crippen LogP contribution in [0.4, 0.5) is 15.6 Å². The van der Waals surface area contributed by atoms with Gasteiger partial charge in [0.1, 0.15) is 0 Å². The van der Waals surface area contributed by atoms with E-state index in [0.717, 1.165) is 48.2 Å². The van der Waals surface area contributed by atoms with E-state index in [9.17, 15) is 9.59 Å². The van der Waals surface area contributed by atoms with Gasteiger partial charge in [-0.15, -0.1) is 11.3 Å². The van der Waals surface area contributed by atoms with E-state index in [1.54, 1.807) is 11.9 Å². The van der Waals surface area contributed by atoms with Crippen LogP contribution in [0.25, 0.3) is 11.3 Å². The topological polar surface area (TPSA) is 71.5 Å². The number of amides is 2. The van der Waals surface area contributed by atoms with E-state index in [2.05, 4.69) is 24.1 Å². The van der Waals surface area contributed by atoms with Crippen LogP contribution in [0.2, 0.25) is 0 Å². The third kappa shape index (κ3) is 4.51. The first-order valence-corrected chi connectivity index (χ1v) is 11.5. The van der Waals surface area contributed by atoms with Gasteiger partial charge in [-0.2, -0.15) is 0 Å². The first-order valence-electron chi connectivity index (χ1n) is 10.6. The number of rotatable bonds is 8. The molecule has 1 aliphatic heterocycles. The molecule has 1 unspecified atom stereocenters. The number of hydrogen-bond acceptors (Lipinski definition) is 5. The summed E-state index contributed by atoms with van der Waals surface area (Å²) in [6.45, 7) is 8.60. The van der Waals surface area contributed by atoms with Crippen molar-refractivity contribution in [2.75, 3.05) is 23.9 Å². The number of carbonyl (C=O) groups excluding carboxylic acids is 2. The molecular weight excluding hydrogens is 398 g/mol. The minimum atomic E-state index is -0.561. The zero-order valence-electron chi connectivity index (χ0n) is 18.4. The third-order valence-corrected chi connectivity index (χ3v) is 6.63. The number of unbranched alkanes of at least 4 members (excludes halogenated alkanes) is 1. The second kappa shape index (κ2) is 9.16. The minimum absolute atomic E-state index is 0.0855. The molecule has 1 aromatic carbocycles. The SMILES string of the molecule is CCCCC(CC)COC(=O)Nc1nc(-c2ccc3c(c2)C(C)(C)C(=O)N3C)cs1. The predicted octanol–water partition coefficient (Wildman–Crippen LogP) is 5.83. The molecule has 2 aromatic rings. The highest BCUT2D eigenvalue weighted by Gasteiger charge is 2.42. The lowest BCUT2D eigenvalue weighted by Gasteiger charge is -2.16. The zero-order chi connectivity index (χ0) is 21.9. The Labute approximate surface area is 182 Å². The molecule has 0 saturated heterocycles. The Bertz CT molecular complexity index is 922. The number of benzene rings is 1. The van der Waals surface area contributed by atoms with Crippen LogP contribution >= 0.6 is 11.3 Å². The summed E-state index contributed by atoms with van der Waals surface area (Å²) in [5.41, 5.74) is 3.05. The number of anilines is 2. The van der Waals surface area contributed by atoms with Crippen LogP contribution < -0.4 is 10.2 Å². The van der Waals surface area contributed by atoms with Gasteiger partial charge in [0.05, 0.1) is 17.7 Å². The number of thiazole rings is 1. The predicted molar refractivity (Wildman–Crippen MR) is 122 cm³/mol. The molecular formula is C23H31N3O3S. The van der Waals surface area contributed by atoms with Gasteiger partial charge in [-0.3, -0.25) is 10.1 Å². The second-order valence-corrected chi connectivity index (χ2v) is 9.26. The van der Waals surface area contributed by atoms with E-state index in [4.69, 9.17) is 4.74 Å². The van der Waals surface area contributed by atoms with Crippen LogP contribution in [0, 0.1) is 5.92 Å². The molecule has 1 aromatic heterocycles. The van der Waals surface area contributed by atoms with Crippen LogP contribution in [0.3, 0.4) is 0 Å². The van der Waals surface area contributed by atoms with Gasteiger partial charge < -0.3 is 9.64 Å². The number of hydrogen-bond donors (Lipinski definition) is 1. The van der Waals surface area contributed by atoms with Crippen LogP contribution in [0.5, 0.6) is 0 Å². The van der Waals surface area contributed by atoms with Crippen molar-refractivity contribution in [1.82, 2.24) is 4.98 Å². The maximum absolute atomic E-state index is 12.5. The lowest BCUT2D eigenvalue weighted by atomic mass is 9.85. The molecule has 6 nitrogen and oxygen atoms in total. The largest absolute Gasteiger partial charge is 0.449 e. The van der Waals surface area contributed by atoms with Crippen LogP contribution in [-0.2, 0) is 14.9 Å². The van der Waals surface area contributed by atoms with Crippen molar-refractivity contribution in [2.45, 2.75) is 58.8 Å². The quantitative estimate of drug-likeness (QED) is 0.573. The van der Waals surface area contributed by atoms with Gasteiger partial charge in [0.25, 0.3) is 0 Å². The molecule has 162 valence electrons. The van der Waals surface area contributed by atoms with Gasteiger partial charge >= 0.3 is 6.09 Å². The average molecular weight is 430 g/mol. The Morgan fingerprint density at radius 1 is 1.33 bits per heavy atom. The summed E-state index contributed by atoms with van der Waals surface area (Å²) in [5, 5.41) is 5.14. The summed E-state index contributed by atoms with van der Waals surface area (Å²) in [5.74, 6) is 0.487. The highest BCUT2D eigenvalue weighted by Crippen LogP contribution is 2.42. The first-order chi connectivity index (χ1) is 14.3. The number of likely N-dealkylation sites (N-methyl/N-ethyl adjacent to an activating group) is 1. The molecule has 3 rings (SSSR count). The monoisotopic (exact) mass is 429 g/mol. The number of ether oxygens (including phenoxy) is 1. The number of nitrogens with one attached hydrogen (secondary N) is 1. The number of carbonyl (C=O) groups is 2. The fourth-order valence-electron chi connectivity index (χ4n) is 3.81. The summed E-state index contributed by atoms with van der Waals surface area (Å²) in [4.78, 5) is 30.9. The molecule has 2 amide bonds. The number of aromatic nitrogens is 1. The normalized spacial score (nSPS) is 15.8. The molecule has 2 heterocycles. The fourth-order valence-corrected chi connectivity index (χ4v) is 4.52. The molecule has 0 fully saturated rings. The molecule has 7 heteroatoms. The molecule has 1 atom stereocenters. The molecule has 0 spiro atoms. The molecule has 30 heavy (non-hydrogen) atoms. The van der Waals surface area contributed by atoms with Crippen molar-refractivity contribution in [2.24, 2.45) is 5.92 Å². The van der Waals surface area contributed by atoms with Crippen LogP contribution in [-0.4, -0.2) is 30.6 Å². The van der Waals surface area contributed by atoms with Crippen molar-refractivity contribution in [1.29, 1.82) is 0 Å². The Hall–Kier alpha value is -2.41. The summed E-state index contributed by atoms with van der Waals surface area (Å²) < 4.78 is 5.40. The maximum Gasteiger partial charge on any atom is 0.413 e. The van der Waals surface area contributed by atoms with Crippen molar-refractivity contribution < 1.29 is 14.3 Å². The lowest BCUT2D eigenvalue weighted by molar-refractivity contribution is -0.121. The van der Waals surface area contributed by atoms with Gasteiger partial charge in [0.15, 0.2) is 5.13 Å². The summed E-state index contributed by atoms with van der Waals surface area (Å²) in [7, 11) is 1.80. The molecule has 0 saturated carbocycles. The summed E-state index contributed by atoms with van der Waals surface area (Å²) in [6.07, 6.45) is 3.91. The van der Waals surface area contributed by atoms with Crippen molar-refractivity contribution >= 4 is 34.2 Å². The van der Waals surface area contributed by atoms with Gasteiger partial charge in [-0.1, -0.05) is 39.2 Å². The van der Waals surface area contributed by atoms with Crippen molar-refractivity contribution in [3.8, 4) is 11.3 Å². The van der Waals surface area contributed by atoms with E-state index < -0.39 is 11.5 Å². The van der Waals surface area contributed by atoms with Crippen molar-refractivity contribution in [3.63, 3.8) is 0 Å². The third-order valence-electron chi connectivity index (χ3n) is 5.87. The highest BCUT2D eigenvalue weighted by molar-refractivity contribution is 7.14. The van der Waals surface area contributed by atoms with Gasteiger partial charge in [-0.05, 0) is 43.9 Å². The Morgan fingerprint density at radius 3 is 2.80 bits per heavy atom. The molecule has 1 aliphatic rings. The number of nitrogens with zero attached hydrogens (tertiary/aromatic N) is 2. The highest BCUT2D eigenvalue weighted by atomic mass is 32.1. The van der Waals surface area contributed by atoms with E-state index in [-0.39, 0.29) is 5.91 Å². The van der Waals surface area contributed by atoms with E-state index >= 15 is 0 Å². The molecule has 1 N–H and O–H groups in total. The molecule has 0 aliphatic carbocycles. The molecule has 0 bridgehead atoms. The van der Waals surface area contributed by atoms with Gasteiger partial charge in [0, 0.05) is 23.7 Å². The standard InChI is InChI=1S/C23H31N3O3S/c1-6-8-9-15(7-2)13-29-22(28)25-21-24-18(14-30-21)16-10-11-19-17(12-16)23(3,4)20(27)26(19)5/h10-12,14-15H,6-9,13H2,1-5H3,(H,24,25,28). The minimum Gasteiger partial charge on any atom is -0.449 e. The summed E-state index contributed by atoms with van der Waals surface area (Å²) >= 11 is 1.36. The van der Waals surface area contributed by atoms with E-state index in [1.807, 2.05) is 37.4 Å². The lowest BCUT2D eigenvalue weighted by Crippen LogP contribution is -2.33. The first kappa shape index (κ1) is 22.3. The fraction of sp³-hybridized carbons (Fsp3) is 0.522. The Balaban J connectivity index is 1.65. The van der Waals surface area contributed by atoms with Gasteiger partial charge in [0.2, 0.25) is 5.91 Å². The Kier molecular flexibility index (Phi) is 6.81. The van der Waals surface area contributed by atoms with Crippen LogP contribution in [0.1, 0.15) is 58.9 Å². The van der Waals surface area contributed by atoms with Gasteiger partial charge in [-0.25, -0.2) is 9.78 Å². The zero-order valence-corrected chi connectivity index (χ0v) is 19.3. The Morgan fingerprint density at radius 2 is 2.10 bits per heavy atom. The maximum atomic E-state index is 12.5. The van der Waals surface area contributed by atoms with E-state index in [1.165, 1.54) is 11.3 Å². The summed E-state index contributed by atoms with van der Waals surface area (Å²) in [6, 6.07) is 5.94. The molecule has 0 radical (unpaired) electrons. The second-order valence-electron chi connectivity index (χ2n) is 8.40.